The van der Waals surface area contributed by atoms with E-state index >= 15 is 0 Å². The molecule has 0 unspecified atom stereocenters. The smallest absolute Gasteiger partial charge is 0.297 e. The van der Waals surface area contributed by atoms with E-state index in [0.717, 1.165) is 17.8 Å². The van der Waals surface area contributed by atoms with Crippen molar-refractivity contribution in [3.8, 4) is 0 Å². The third kappa shape index (κ3) is 2.15. The van der Waals surface area contributed by atoms with Crippen LogP contribution in [0.1, 0.15) is 41.0 Å². The number of carbonyl (C=O) groups is 1. The first-order valence-corrected chi connectivity index (χ1v) is 8.12. The molecule has 118 valence electrons. The average Bonchev–Trinajstić information content (AvgIpc) is 3.09. The van der Waals surface area contributed by atoms with E-state index in [-0.39, 0.29) is 30.3 Å². The van der Waals surface area contributed by atoms with Crippen LogP contribution in [0.25, 0.3) is 10.2 Å². The van der Waals surface area contributed by atoms with Gasteiger partial charge in [-0.15, -0.1) is 11.3 Å². The van der Waals surface area contributed by atoms with Crippen LogP contribution in [0.5, 0.6) is 0 Å². The molecule has 2 aromatic rings. The van der Waals surface area contributed by atoms with Crippen molar-refractivity contribution in [1.29, 1.82) is 0 Å². The summed E-state index contributed by atoms with van der Waals surface area (Å²) in [5, 5.41) is 0.421. The van der Waals surface area contributed by atoms with Gasteiger partial charge in [-0.05, 0) is 31.2 Å². The lowest BCUT2D eigenvalue weighted by Gasteiger charge is -2.11. The zero-order chi connectivity index (χ0) is 16.0. The van der Waals surface area contributed by atoms with Gasteiger partial charge in [-0.1, -0.05) is 6.92 Å². The van der Waals surface area contributed by atoms with Gasteiger partial charge in [0, 0.05) is 12.6 Å². The number of aldehydes is 1. The Bertz CT molecular complexity index is 864. The molecular formula is C15H17FN2O3S. The molecule has 2 aromatic heterocycles. The number of alkyl halides is 1. The summed E-state index contributed by atoms with van der Waals surface area (Å²) in [6, 6.07) is -0.0833. The number of aromatic nitrogens is 2. The number of hydrogen-bond donors (Lipinski definition) is 0. The molecule has 1 aliphatic carbocycles. The quantitative estimate of drug-likeness (QED) is 0.793. The van der Waals surface area contributed by atoms with Crippen molar-refractivity contribution in [1.82, 2.24) is 9.13 Å². The molecule has 5 nitrogen and oxygen atoms in total. The lowest BCUT2D eigenvalue weighted by molar-refractivity contribution is 0.112. The minimum atomic E-state index is -0.530. The van der Waals surface area contributed by atoms with E-state index in [2.05, 4.69) is 0 Å². The maximum absolute atomic E-state index is 12.7. The number of halogens is 1. The first kappa shape index (κ1) is 15.1. The molecule has 0 aromatic carbocycles. The van der Waals surface area contributed by atoms with Crippen molar-refractivity contribution in [3.05, 3.63) is 31.3 Å². The Morgan fingerprint density at radius 3 is 2.64 bits per heavy atom. The van der Waals surface area contributed by atoms with E-state index in [1.165, 1.54) is 9.13 Å². The molecular weight excluding hydrogens is 307 g/mol. The van der Waals surface area contributed by atoms with Gasteiger partial charge >= 0.3 is 5.69 Å². The van der Waals surface area contributed by atoms with Gasteiger partial charge in [-0.2, -0.15) is 0 Å². The zero-order valence-electron chi connectivity index (χ0n) is 12.5. The highest BCUT2D eigenvalue weighted by molar-refractivity contribution is 7.20. The monoisotopic (exact) mass is 324 g/mol. The molecule has 3 rings (SSSR count). The van der Waals surface area contributed by atoms with Crippen LogP contribution in [0.15, 0.2) is 9.59 Å². The number of thiophene rings is 1. The van der Waals surface area contributed by atoms with Gasteiger partial charge in [0.15, 0.2) is 6.29 Å². The second-order valence-electron chi connectivity index (χ2n) is 5.82. The maximum atomic E-state index is 12.7. The summed E-state index contributed by atoms with van der Waals surface area (Å²) in [5.41, 5.74) is -0.109. The van der Waals surface area contributed by atoms with Gasteiger partial charge in [0.05, 0.1) is 16.9 Å². The zero-order valence-corrected chi connectivity index (χ0v) is 13.3. The Morgan fingerprint density at radius 2 is 2.09 bits per heavy atom. The molecule has 0 N–H and O–H groups in total. The van der Waals surface area contributed by atoms with Crippen LogP contribution in [0, 0.1) is 12.8 Å². The van der Waals surface area contributed by atoms with Crippen LogP contribution in [-0.2, 0) is 6.54 Å². The Kier molecular flexibility index (Phi) is 3.76. The molecule has 0 bridgehead atoms. The van der Waals surface area contributed by atoms with Crippen molar-refractivity contribution >= 4 is 27.8 Å². The minimum absolute atomic E-state index is 0.0833. The molecule has 0 saturated heterocycles. The van der Waals surface area contributed by atoms with Crippen molar-refractivity contribution in [2.24, 2.45) is 5.92 Å². The highest BCUT2D eigenvalue weighted by Gasteiger charge is 2.38. The predicted octanol–water partition coefficient (Wildman–Crippen LogP) is 2.29. The number of rotatable bonds is 5. The Hall–Kier alpha value is -1.76. The lowest BCUT2D eigenvalue weighted by Crippen LogP contribution is -2.39. The fourth-order valence-electron chi connectivity index (χ4n) is 2.86. The van der Waals surface area contributed by atoms with Crippen LogP contribution in [0.3, 0.4) is 0 Å². The number of carbonyl (C=O) groups excluding carboxylic acids is 1. The third-order valence-corrected chi connectivity index (χ3v) is 5.54. The summed E-state index contributed by atoms with van der Waals surface area (Å²) in [5.74, 6) is 0.293. The van der Waals surface area contributed by atoms with E-state index in [1.807, 2.05) is 6.92 Å². The van der Waals surface area contributed by atoms with Gasteiger partial charge in [0.2, 0.25) is 0 Å². The van der Waals surface area contributed by atoms with Crippen molar-refractivity contribution < 1.29 is 9.18 Å². The molecule has 0 radical (unpaired) electrons. The largest absolute Gasteiger partial charge is 0.332 e. The Morgan fingerprint density at radius 1 is 1.41 bits per heavy atom. The molecule has 1 saturated carbocycles. The van der Waals surface area contributed by atoms with Crippen molar-refractivity contribution in [2.45, 2.75) is 39.3 Å². The van der Waals surface area contributed by atoms with Gasteiger partial charge < -0.3 is 0 Å². The fraction of sp³-hybridized carbons (Fsp3) is 0.533. The van der Waals surface area contributed by atoms with E-state index in [0.29, 0.717) is 32.9 Å². The highest BCUT2D eigenvalue weighted by atomic mass is 32.1. The molecule has 1 aliphatic rings. The normalized spacial score (nSPS) is 20.5. The standard InChI is InChI=1S/C15H17FN2O3S/c1-8-6-10(8)18-13(20)12-9(2)11(7-19)22-14(12)17(15(18)21)5-3-4-16/h7-8,10H,3-6H2,1-2H3/t8-,10-/m0/s1. The van der Waals surface area contributed by atoms with Crippen LogP contribution in [0.2, 0.25) is 0 Å². The summed E-state index contributed by atoms with van der Waals surface area (Å²) < 4.78 is 15.3. The average molecular weight is 324 g/mol. The topological polar surface area (TPSA) is 61.1 Å². The van der Waals surface area contributed by atoms with Crippen molar-refractivity contribution in [3.63, 3.8) is 0 Å². The molecule has 2 atom stereocenters. The number of aryl methyl sites for hydroxylation is 2. The number of nitrogens with zero attached hydrogens (tertiary/aromatic N) is 2. The predicted molar refractivity (Wildman–Crippen MR) is 83.9 cm³/mol. The maximum Gasteiger partial charge on any atom is 0.332 e. The number of fused-ring (bicyclic) bond motifs is 1. The fourth-order valence-corrected chi connectivity index (χ4v) is 4.00. The van der Waals surface area contributed by atoms with Gasteiger partial charge in [0.1, 0.15) is 4.83 Å². The molecule has 0 aliphatic heterocycles. The Labute approximate surface area is 130 Å². The van der Waals surface area contributed by atoms with Crippen LogP contribution < -0.4 is 11.2 Å². The minimum Gasteiger partial charge on any atom is -0.297 e. The summed E-state index contributed by atoms with van der Waals surface area (Å²) in [6.45, 7) is 3.39. The SMILES string of the molecule is Cc1c(C=O)sc2c1c(=O)n([C@H]1C[C@@H]1C)c(=O)n2CCCF. The first-order chi connectivity index (χ1) is 10.5. The summed E-state index contributed by atoms with van der Waals surface area (Å²) in [7, 11) is 0. The first-order valence-electron chi connectivity index (χ1n) is 7.30. The summed E-state index contributed by atoms with van der Waals surface area (Å²) >= 11 is 1.13. The highest BCUT2D eigenvalue weighted by Crippen LogP contribution is 2.41. The molecule has 1 fully saturated rings. The second-order valence-corrected chi connectivity index (χ2v) is 6.85. The molecule has 7 heteroatoms. The molecule has 22 heavy (non-hydrogen) atoms. The van der Waals surface area contributed by atoms with E-state index in [1.54, 1.807) is 6.92 Å². The summed E-state index contributed by atoms with van der Waals surface area (Å²) in [6.07, 6.45) is 1.71. The Balaban J connectivity index is 2.37. The molecule has 0 amide bonds. The van der Waals surface area contributed by atoms with Gasteiger partial charge in [-0.25, -0.2) is 4.79 Å². The van der Waals surface area contributed by atoms with Crippen LogP contribution in [0.4, 0.5) is 4.39 Å². The lowest BCUT2D eigenvalue weighted by atomic mass is 10.2. The number of hydrogen-bond acceptors (Lipinski definition) is 4. The van der Waals surface area contributed by atoms with E-state index in [4.69, 9.17) is 0 Å². The van der Waals surface area contributed by atoms with Crippen molar-refractivity contribution in [2.75, 3.05) is 6.67 Å². The van der Waals surface area contributed by atoms with Gasteiger partial charge in [-0.3, -0.25) is 23.1 Å². The second kappa shape index (κ2) is 5.46. The van der Waals surface area contributed by atoms with E-state index in [9.17, 15) is 18.8 Å². The molecule has 0 spiro atoms. The van der Waals surface area contributed by atoms with Gasteiger partial charge in [0.25, 0.3) is 5.56 Å². The third-order valence-electron chi connectivity index (χ3n) is 4.30. The van der Waals surface area contributed by atoms with Crippen LogP contribution >= 0.6 is 11.3 Å². The van der Waals surface area contributed by atoms with E-state index < -0.39 is 6.67 Å². The van der Waals surface area contributed by atoms with Crippen LogP contribution in [-0.4, -0.2) is 22.1 Å². The summed E-state index contributed by atoms with van der Waals surface area (Å²) in [4.78, 5) is 37.5. The molecule has 2 heterocycles.